The summed E-state index contributed by atoms with van der Waals surface area (Å²) in [4.78, 5) is 50.5. The first-order chi connectivity index (χ1) is 15.5. The predicted octanol–water partition coefficient (Wildman–Crippen LogP) is 3.84. The maximum atomic E-state index is 13.6. The van der Waals surface area contributed by atoms with Gasteiger partial charge in [-0.2, -0.15) is 0 Å². The summed E-state index contributed by atoms with van der Waals surface area (Å²) in [7, 11) is 0. The number of imide groups is 1. The Morgan fingerprint density at radius 1 is 0.812 bits per heavy atom. The highest BCUT2D eigenvalue weighted by Crippen LogP contribution is 2.33. The van der Waals surface area contributed by atoms with E-state index in [1.165, 1.54) is 9.47 Å². The highest BCUT2D eigenvalue weighted by atomic mass is 16.2. The SMILES string of the molecule is CCC(c1nc2ccccc2c(=O)n1-c1cccc(C)n1)N1C(=O)c2ccccc2C1=O. The zero-order chi connectivity index (χ0) is 22.4. The smallest absolute Gasteiger partial charge is 0.267 e. The molecule has 2 aromatic heterocycles. The maximum Gasteiger partial charge on any atom is 0.267 e. The van der Waals surface area contributed by atoms with E-state index in [1.54, 1.807) is 54.6 Å². The van der Waals surface area contributed by atoms with Gasteiger partial charge in [-0.05, 0) is 49.7 Å². The topological polar surface area (TPSA) is 85.2 Å². The number of aryl methyl sites for hydroxylation is 1. The van der Waals surface area contributed by atoms with Crippen LogP contribution >= 0.6 is 0 Å². The molecule has 3 heterocycles. The summed E-state index contributed by atoms with van der Waals surface area (Å²) in [5.74, 6) is -0.0608. The molecule has 0 N–H and O–H groups in total. The van der Waals surface area contributed by atoms with E-state index in [2.05, 4.69) is 4.98 Å². The Kier molecular flexibility index (Phi) is 4.66. The number of rotatable bonds is 4. The van der Waals surface area contributed by atoms with E-state index in [0.29, 0.717) is 40.1 Å². The Balaban J connectivity index is 1.78. The number of carbonyl (C=O) groups excluding carboxylic acids is 2. The van der Waals surface area contributed by atoms with Crippen LogP contribution < -0.4 is 5.56 Å². The highest BCUT2D eigenvalue weighted by Gasteiger charge is 2.41. The number of amides is 2. The molecule has 0 bridgehead atoms. The second kappa shape index (κ2) is 7.53. The van der Waals surface area contributed by atoms with Crippen LogP contribution in [0.1, 0.15) is 51.6 Å². The Labute approximate surface area is 184 Å². The van der Waals surface area contributed by atoms with Crippen LogP contribution in [0.3, 0.4) is 0 Å². The molecule has 0 aliphatic carbocycles. The van der Waals surface area contributed by atoms with Crippen molar-refractivity contribution in [1.82, 2.24) is 19.4 Å². The van der Waals surface area contributed by atoms with Crippen molar-refractivity contribution in [3.63, 3.8) is 0 Å². The van der Waals surface area contributed by atoms with Gasteiger partial charge in [0.15, 0.2) is 0 Å². The third kappa shape index (κ3) is 2.93. The minimum absolute atomic E-state index is 0.293. The van der Waals surface area contributed by atoms with Gasteiger partial charge >= 0.3 is 0 Å². The van der Waals surface area contributed by atoms with E-state index in [9.17, 15) is 14.4 Å². The summed E-state index contributed by atoms with van der Waals surface area (Å²) in [6.45, 7) is 3.70. The van der Waals surface area contributed by atoms with Crippen LogP contribution in [0.15, 0.2) is 71.5 Å². The lowest BCUT2D eigenvalue weighted by Crippen LogP contribution is -2.38. The molecule has 1 aliphatic rings. The third-order valence-corrected chi connectivity index (χ3v) is 5.73. The molecule has 158 valence electrons. The van der Waals surface area contributed by atoms with Gasteiger partial charge in [-0.1, -0.05) is 37.3 Å². The highest BCUT2D eigenvalue weighted by molar-refractivity contribution is 6.21. The summed E-state index contributed by atoms with van der Waals surface area (Å²) in [5.41, 5.74) is 1.67. The Hall–Kier alpha value is -4.13. The molecule has 7 nitrogen and oxygen atoms in total. The molecule has 1 unspecified atom stereocenters. The fourth-order valence-electron chi connectivity index (χ4n) is 4.22. The lowest BCUT2D eigenvalue weighted by Gasteiger charge is -2.27. The van der Waals surface area contributed by atoms with E-state index >= 15 is 0 Å². The maximum absolute atomic E-state index is 13.6. The molecular formula is C25H20N4O3. The van der Waals surface area contributed by atoms with Crippen LogP contribution in [0.25, 0.3) is 16.7 Å². The van der Waals surface area contributed by atoms with Crippen molar-refractivity contribution in [2.45, 2.75) is 26.3 Å². The van der Waals surface area contributed by atoms with Gasteiger partial charge in [0.2, 0.25) is 0 Å². The van der Waals surface area contributed by atoms with Crippen LogP contribution in [0.5, 0.6) is 0 Å². The van der Waals surface area contributed by atoms with Crippen LogP contribution in [0.2, 0.25) is 0 Å². The van der Waals surface area contributed by atoms with Crippen molar-refractivity contribution in [2.24, 2.45) is 0 Å². The summed E-state index contributed by atoms with van der Waals surface area (Å²) in [6.07, 6.45) is 0.391. The molecule has 0 spiro atoms. The number of hydrogen-bond acceptors (Lipinski definition) is 5. The van der Waals surface area contributed by atoms with Crippen LogP contribution in [0, 0.1) is 6.92 Å². The van der Waals surface area contributed by atoms with E-state index < -0.39 is 6.04 Å². The van der Waals surface area contributed by atoms with Crippen molar-refractivity contribution < 1.29 is 9.59 Å². The fraction of sp³-hybridized carbons (Fsp3) is 0.160. The zero-order valence-corrected chi connectivity index (χ0v) is 17.6. The number of benzene rings is 2. The molecule has 2 amide bonds. The van der Waals surface area contributed by atoms with Crippen molar-refractivity contribution in [2.75, 3.05) is 0 Å². The minimum Gasteiger partial charge on any atom is -0.269 e. The molecule has 1 atom stereocenters. The summed E-state index contributed by atoms with van der Waals surface area (Å²) >= 11 is 0. The first kappa shape index (κ1) is 19.8. The quantitative estimate of drug-likeness (QED) is 0.465. The number of para-hydroxylation sites is 1. The largest absolute Gasteiger partial charge is 0.269 e. The van der Waals surface area contributed by atoms with Crippen LogP contribution in [-0.4, -0.2) is 31.2 Å². The number of hydrogen-bond donors (Lipinski definition) is 0. The summed E-state index contributed by atoms with van der Waals surface area (Å²) < 4.78 is 1.42. The molecule has 5 rings (SSSR count). The van der Waals surface area contributed by atoms with Gasteiger partial charge < -0.3 is 0 Å². The second-order valence-electron chi connectivity index (χ2n) is 7.71. The number of carbonyl (C=O) groups is 2. The molecule has 4 aromatic rings. The van der Waals surface area contributed by atoms with E-state index in [4.69, 9.17) is 4.98 Å². The minimum atomic E-state index is -0.734. The molecule has 2 aromatic carbocycles. The first-order valence-electron chi connectivity index (χ1n) is 10.4. The van der Waals surface area contributed by atoms with E-state index in [1.807, 2.05) is 26.0 Å². The molecule has 0 saturated heterocycles. The molecule has 32 heavy (non-hydrogen) atoms. The molecule has 7 heteroatoms. The summed E-state index contributed by atoms with van der Waals surface area (Å²) in [6, 6.07) is 18.4. The van der Waals surface area contributed by atoms with Crippen molar-refractivity contribution in [3.05, 3.63) is 99.7 Å². The molecular weight excluding hydrogens is 404 g/mol. The number of pyridine rings is 1. The van der Waals surface area contributed by atoms with Gasteiger partial charge in [-0.3, -0.25) is 19.3 Å². The van der Waals surface area contributed by atoms with Crippen molar-refractivity contribution >= 4 is 22.7 Å². The zero-order valence-electron chi connectivity index (χ0n) is 17.6. The van der Waals surface area contributed by atoms with E-state index in [0.717, 1.165) is 5.69 Å². The second-order valence-corrected chi connectivity index (χ2v) is 7.71. The summed E-state index contributed by atoms with van der Waals surface area (Å²) in [5, 5.41) is 0.441. The predicted molar refractivity (Wildman–Crippen MR) is 120 cm³/mol. The Morgan fingerprint density at radius 3 is 2.12 bits per heavy atom. The lowest BCUT2D eigenvalue weighted by molar-refractivity contribution is 0.0568. The standard InChI is InChI=1S/C25H20N4O3/c1-3-20(28-23(30)16-10-4-5-11-17(16)24(28)31)22-27-19-13-7-6-12-18(19)25(32)29(22)21-14-8-9-15(2)26-21/h4-14,20H,3H2,1-2H3. The normalized spacial score (nSPS) is 14.1. The molecule has 1 aliphatic heterocycles. The molecule has 0 saturated carbocycles. The number of nitrogens with zero attached hydrogens (tertiary/aromatic N) is 4. The van der Waals surface area contributed by atoms with Gasteiger partial charge in [0.1, 0.15) is 11.6 Å². The average Bonchev–Trinajstić information content (AvgIpc) is 3.05. The van der Waals surface area contributed by atoms with Gasteiger partial charge in [0.05, 0.1) is 28.1 Å². The lowest BCUT2D eigenvalue weighted by atomic mass is 10.1. The van der Waals surface area contributed by atoms with Gasteiger partial charge in [0, 0.05) is 5.69 Å². The number of aromatic nitrogens is 3. The van der Waals surface area contributed by atoms with Gasteiger partial charge in [-0.25, -0.2) is 14.5 Å². The van der Waals surface area contributed by atoms with E-state index in [-0.39, 0.29) is 17.4 Å². The van der Waals surface area contributed by atoms with Gasteiger partial charge in [-0.15, -0.1) is 0 Å². The molecule has 0 radical (unpaired) electrons. The molecule has 0 fully saturated rings. The van der Waals surface area contributed by atoms with Gasteiger partial charge in [0.25, 0.3) is 17.4 Å². The van der Waals surface area contributed by atoms with Crippen molar-refractivity contribution in [3.8, 4) is 5.82 Å². The van der Waals surface area contributed by atoms with Crippen molar-refractivity contribution in [1.29, 1.82) is 0 Å². The van der Waals surface area contributed by atoms with Crippen LogP contribution in [-0.2, 0) is 0 Å². The third-order valence-electron chi connectivity index (χ3n) is 5.73. The number of fused-ring (bicyclic) bond motifs is 2. The first-order valence-corrected chi connectivity index (χ1v) is 10.4. The monoisotopic (exact) mass is 424 g/mol. The Morgan fingerprint density at radius 2 is 1.47 bits per heavy atom. The fourth-order valence-corrected chi connectivity index (χ4v) is 4.22. The average molecular weight is 424 g/mol. The Bertz CT molecular complexity index is 1420. The van der Waals surface area contributed by atoms with Crippen LogP contribution in [0.4, 0.5) is 0 Å².